The topological polar surface area (TPSA) is 95.5 Å². The van der Waals surface area contributed by atoms with Crippen LogP contribution in [0, 0.1) is 0 Å². The van der Waals surface area contributed by atoms with Crippen molar-refractivity contribution in [3.63, 3.8) is 0 Å². The maximum Gasteiger partial charge on any atom is 0.326 e. The van der Waals surface area contributed by atoms with Crippen molar-refractivity contribution >= 4 is 29.5 Å². The molecule has 2 amide bonds. The quantitative estimate of drug-likeness (QED) is 0.566. The Bertz CT molecular complexity index is 363. The lowest BCUT2D eigenvalue weighted by Gasteiger charge is -2.18. The van der Waals surface area contributed by atoms with Crippen molar-refractivity contribution in [2.75, 3.05) is 5.75 Å². The minimum absolute atomic E-state index is 0.0349. The van der Waals surface area contributed by atoms with Crippen LogP contribution in [0.25, 0.3) is 0 Å². The van der Waals surface area contributed by atoms with Crippen LogP contribution in [0.5, 0.6) is 0 Å². The van der Waals surface area contributed by atoms with E-state index in [-0.39, 0.29) is 23.1 Å². The van der Waals surface area contributed by atoms with E-state index in [0.717, 1.165) is 12.8 Å². The molecule has 0 aliphatic carbocycles. The molecule has 0 spiro atoms. The molecule has 0 aromatic rings. The van der Waals surface area contributed by atoms with E-state index in [4.69, 9.17) is 5.11 Å². The van der Waals surface area contributed by atoms with Crippen molar-refractivity contribution in [1.82, 2.24) is 10.6 Å². The molecule has 0 saturated carbocycles. The first-order valence-corrected chi connectivity index (χ1v) is 8.24. The molecule has 0 heterocycles. The summed E-state index contributed by atoms with van der Waals surface area (Å²) >= 11 is 1.39. The van der Waals surface area contributed by atoms with E-state index < -0.39 is 12.0 Å². The molecule has 0 aliphatic heterocycles. The molecule has 21 heavy (non-hydrogen) atoms. The Balaban J connectivity index is 4.11. The first kappa shape index (κ1) is 19.8. The third-order valence-electron chi connectivity index (χ3n) is 2.93. The summed E-state index contributed by atoms with van der Waals surface area (Å²) in [4.78, 5) is 33.8. The van der Waals surface area contributed by atoms with Gasteiger partial charge in [-0.1, -0.05) is 13.3 Å². The highest BCUT2D eigenvalue weighted by Gasteiger charge is 2.20. The van der Waals surface area contributed by atoms with Crippen molar-refractivity contribution in [2.45, 2.75) is 64.3 Å². The second-order valence-electron chi connectivity index (χ2n) is 5.09. The van der Waals surface area contributed by atoms with E-state index in [1.54, 1.807) is 6.92 Å². The van der Waals surface area contributed by atoms with Crippen molar-refractivity contribution < 1.29 is 19.5 Å². The molecular formula is C14H26N2O4S. The lowest BCUT2D eigenvalue weighted by Crippen LogP contribution is -2.40. The van der Waals surface area contributed by atoms with Crippen LogP contribution in [-0.4, -0.2) is 46.0 Å². The molecule has 0 rings (SSSR count). The molecule has 0 aliphatic rings. The number of carbonyl (C=O) groups is 3. The molecule has 3 unspecified atom stereocenters. The smallest absolute Gasteiger partial charge is 0.326 e. The minimum atomic E-state index is -1.06. The van der Waals surface area contributed by atoms with Gasteiger partial charge in [-0.2, -0.15) is 0 Å². The zero-order valence-electron chi connectivity index (χ0n) is 13.1. The molecule has 0 saturated heterocycles. The third-order valence-corrected chi connectivity index (χ3v) is 4.12. The zero-order chi connectivity index (χ0) is 16.4. The average Bonchev–Trinajstić information content (AvgIpc) is 2.36. The minimum Gasteiger partial charge on any atom is -0.480 e. The molecule has 3 atom stereocenters. The van der Waals surface area contributed by atoms with Crippen LogP contribution >= 0.6 is 11.8 Å². The predicted octanol–water partition coefficient (Wildman–Crippen LogP) is 1.39. The van der Waals surface area contributed by atoms with Crippen molar-refractivity contribution in [1.29, 1.82) is 0 Å². The molecule has 0 fully saturated rings. The number of rotatable bonds is 10. The van der Waals surface area contributed by atoms with E-state index in [0.29, 0.717) is 12.2 Å². The summed E-state index contributed by atoms with van der Waals surface area (Å²) in [5.41, 5.74) is 0. The summed E-state index contributed by atoms with van der Waals surface area (Å²) in [5.74, 6) is -0.966. The number of nitrogens with one attached hydrogen (secondary N) is 2. The fourth-order valence-electron chi connectivity index (χ4n) is 1.81. The number of hydrogen-bond donors (Lipinski definition) is 3. The number of aliphatic carboxylic acids is 1. The van der Waals surface area contributed by atoms with E-state index >= 15 is 0 Å². The van der Waals surface area contributed by atoms with Gasteiger partial charge in [0.1, 0.15) is 6.04 Å². The van der Waals surface area contributed by atoms with Gasteiger partial charge in [-0.3, -0.25) is 9.59 Å². The summed E-state index contributed by atoms with van der Waals surface area (Å²) in [6, 6.07) is -0.749. The van der Waals surface area contributed by atoms with Gasteiger partial charge < -0.3 is 15.7 Å². The molecule has 0 radical (unpaired) electrons. The highest BCUT2D eigenvalue weighted by molar-refractivity contribution is 8.00. The number of carboxylic acid groups (broad SMARTS) is 1. The number of carboxylic acids is 1. The van der Waals surface area contributed by atoms with E-state index in [1.165, 1.54) is 18.7 Å². The lowest BCUT2D eigenvalue weighted by molar-refractivity contribution is -0.141. The molecule has 0 aromatic heterocycles. The van der Waals surface area contributed by atoms with Gasteiger partial charge in [-0.25, -0.2) is 4.79 Å². The van der Waals surface area contributed by atoms with Crippen molar-refractivity contribution in [3.8, 4) is 0 Å². The predicted molar refractivity (Wildman–Crippen MR) is 84.3 cm³/mol. The van der Waals surface area contributed by atoms with Gasteiger partial charge in [0.15, 0.2) is 0 Å². The maximum absolute atomic E-state index is 11.9. The zero-order valence-corrected chi connectivity index (χ0v) is 14.0. The molecule has 3 N–H and O–H groups in total. The SMILES string of the molecule is CCCC(C)NC(=O)C(C)SCCC(NC(C)=O)C(=O)O. The first-order valence-electron chi connectivity index (χ1n) is 7.19. The van der Waals surface area contributed by atoms with Crippen LogP contribution in [0.2, 0.25) is 0 Å². The molecule has 7 heteroatoms. The summed E-state index contributed by atoms with van der Waals surface area (Å²) in [6.07, 6.45) is 2.24. The van der Waals surface area contributed by atoms with Gasteiger partial charge in [0.25, 0.3) is 0 Å². The van der Waals surface area contributed by atoms with Crippen LogP contribution < -0.4 is 10.6 Å². The molecule has 0 bridgehead atoms. The van der Waals surface area contributed by atoms with Crippen LogP contribution in [0.15, 0.2) is 0 Å². The van der Waals surface area contributed by atoms with Crippen LogP contribution in [-0.2, 0) is 14.4 Å². The Labute approximate surface area is 130 Å². The second-order valence-corrected chi connectivity index (χ2v) is 6.54. The number of carbonyl (C=O) groups excluding carboxylic acids is 2. The Kier molecular flexibility index (Phi) is 9.86. The maximum atomic E-state index is 11.9. The fourth-order valence-corrected chi connectivity index (χ4v) is 2.75. The van der Waals surface area contributed by atoms with Gasteiger partial charge in [0.05, 0.1) is 5.25 Å². The van der Waals surface area contributed by atoms with Crippen LogP contribution in [0.1, 0.15) is 47.0 Å². The number of amides is 2. The first-order chi connectivity index (χ1) is 9.77. The van der Waals surface area contributed by atoms with E-state index in [1.807, 2.05) is 6.92 Å². The van der Waals surface area contributed by atoms with Crippen LogP contribution in [0.4, 0.5) is 0 Å². The van der Waals surface area contributed by atoms with Crippen LogP contribution in [0.3, 0.4) is 0 Å². The van der Waals surface area contributed by atoms with Gasteiger partial charge in [-0.05, 0) is 32.4 Å². The molecular weight excluding hydrogens is 292 g/mol. The average molecular weight is 318 g/mol. The number of hydrogen-bond acceptors (Lipinski definition) is 4. The normalized spacial score (nSPS) is 14.9. The standard InChI is InChI=1S/C14H26N2O4S/c1-5-6-9(2)15-13(18)10(3)21-8-7-12(14(19)20)16-11(4)17/h9-10,12H,5-8H2,1-4H3,(H,15,18)(H,16,17)(H,19,20). The van der Waals surface area contributed by atoms with Gasteiger partial charge >= 0.3 is 5.97 Å². The van der Waals surface area contributed by atoms with Gasteiger partial charge in [0.2, 0.25) is 11.8 Å². The Morgan fingerprint density at radius 1 is 1.14 bits per heavy atom. The number of thioether (sulfide) groups is 1. The largest absolute Gasteiger partial charge is 0.480 e. The summed E-state index contributed by atoms with van der Waals surface area (Å²) in [5, 5.41) is 14.0. The van der Waals surface area contributed by atoms with Gasteiger partial charge in [-0.15, -0.1) is 11.8 Å². The van der Waals surface area contributed by atoms with Gasteiger partial charge in [0, 0.05) is 13.0 Å². The highest BCUT2D eigenvalue weighted by atomic mass is 32.2. The van der Waals surface area contributed by atoms with Crippen molar-refractivity contribution in [3.05, 3.63) is 0 Å². The Morgan fingerprint density at radius 2 is 1.76 bits per heavy atom. The Morgan fingerprint density at radius 3 is 2.24 bits per heavy atom. The monoisotopic (exact) mass is 318 g/mol. The van der Waals surface area contributed by atoms with Crippen molar-refractivity contribution in [2.24, 2.45) is 0 Å². The second kappa shape index (κ2) is 10.5. The lowest BCUT2D eigenvalue weighted by atomic mass is 10.2. The molecule has 0 aromatic carbocycles. The third kappa shape index (κ3) is 9.33. The van der Waals surface area contributed by atoms with E-state index in [2.05, 4.69) is 17.6 Å². The van der Waals surface area contributed by atoms with E-state index in [9.17, 15) is 14.4 Å². The summed E-state index contributed by atoms with van der Waals surface area (Å²) in [7, 11) is 0. The molecule has 122 valence electrons. The Hall–Kier alpha value is -1.24. The fraction of sp³-hybridized carbons (Fsp3) is 0.786. The molecule has 6 nitrogen and oxygen atoms in total. The summed E-state index contributed by atoms with van der Waals surface area (Å²) in [6.45, 7) is 7.12. The highest BCUT2D eigenvalue weighted by Crippen LogP contribution is 2.14. The summed E-state index contributed by atoms with van der Waals surface area (Å²) < 4.78 is 0.